The van der Waals surface area contributed by atoms with Crippen molar-refractivity contribution in [1.29, 1.82) is 0 Å². The zero-order chi connectivity index (χ0) is 17.6. The Morgan fingerprint density at radius 2 is 1.72 bits per heavy atom. The lowest BCUT2D eigenvalue weighted by atomic mass is 10.0. The first-order valence-electron chi connectivity index (χ1n) is 7.89. The van der Waals surface area contributed by atoms with Crippen LogP contribution in [-0.2, 0) is 9.53 Å². The number of imide groups is 1. The van der Waals surface area contributed by atoms with Crippen molar-refractivity contribution in [2.75, 3.05) is 16.8 Å². The first kappa shape index (κ1) is 15.1. The van der Waals surface area contributed by atoms with E-state index in [0.29, 0.717) is 22.5 Å². The number of anilines is 2. The number of allylic oxidation sites excluding steroid dienone is 1. The van der Waals surface area contributed by atoms with Crippen molar-refractivity contribution in [3.63, 3.8) is 0 Å². The summed E-state index contributed by atoms with van der Waals surface area (Å²) < 4.78 is 4.99. The molecule has 2 aliphatic rings. The van der Waals surface area contributed by atoms with E-state index in [1.807, 2.05) is 6.07 Å². The van der Waals surface area contributed by atoms with E-state index in [0.717, 1.165) is 4.90 Å². The number of nitrogens with zero attached hydrogens (tertiary/aromatic N) is 1. The summed E-state index contributed by atoms with van der Waals surface area (Å²) in [6.07, 6.45) is -0.751. The molecule has 1 N–H and O–H groups in total. The Morgan fingerprint density at radius 3 is 2.44 bits per heavy atom. The van der Waals surface area contributed by atoms with Crippen LogP contribution in [0.5, 0.6) is 0 Å². The molecule has 2 heterocycles. The molecule has 0 atom stereocenters. The van der Waals surface area contributed by atoms with E-state index in [2.05, 4.69) is 5.32 Å². The fourth-order valence-electron chi connectivity index (χ4n) is 3.12. The van der Waals surface area contributed by atoms with E-state index in [-0.39, 0.29) is 23.7 Å². The van der Waals surface area contributed by atoms with Gasteiger partial charge in [-0.05, 0) is 25.1 Å². The first-order valence-corrected chi connectivity index (χ1v) is 7.89. The number of carbonyl (C=O) groups excluding carboxylic acids is 3. The molecule has 6 heteroatoms. The maximum atomic E-state index is 12.9. The number of hydrogen-bond donors (Lipinski definition) is 1. The summed E-state index contributed by atoms with van der Waals surface area (Å²) in [5.74, 6) is -0.831. The predicted molar refractivity (Wildman–Crippen MR) is 92.3 cm³/mol. The number of benzene rings is 2. The molecule has 0 spiro atoms. The summed E-state index contributed by atoms with van der Waals surface area (Å²) in [6.45, 7) is 1.82. The van der Waals surface area contributed by atoms with Crippen LogP contribution >= 0.6 is 0 Å². The number of nitrogens with one attached hydrogen (secondary N) is 1. The number of rotatable bonds is 1. The molecule has 2 aromatic carbocycles. The second kappa shape index (κ2) is 5.59. The van der Waals surface area contributed by atoms with Crippen molar-refractivity contribution in [3.8, 4) is 0 Å². The Morgan fingerprint density at radius 1 is 1.04 bits per heavy atom. The second-order valence-corrected chi connectivity index (χ2v) is 5.61. The van der Waals surface area contributed by atoms with Gasteiger partial charge in [0, 0.05) is 16.8 Å². The van der Waals surface area contributed by atoms with Crippen molar-refractivity contribution in [2.24, 2.45) is 0 Å². The standard InChI is InChI=1S/C19H14N2O4/c1-2-25-19(24)21-14-10-6-4-8-12(14)15(18(21)23)16-17(22)11-7-3-5-9-13(11)20-16/h3-10,20H,2H2,1H3/b16-15-. The highest BCUT2D eigenvalue weighted by molar-refractivity contribution is 6.43. The number of ketones is 1. The van der Waals surface area contributed by atoms with Crippen LogP contribution in [0.1, 0.15) is 22.8 Å². The van der Waals surface area contributed by atoms with Crippen LogP contribution in [0.3, 0.4) is 0 Å². The normalized spacial score (nSPS) is 18.0. The van der Waals surface area contributed by atoms with Crippen molar-refractivity contribution in [1.82, 2.24) is 0 Å². The topological polar surface area (TPSA) is 75.7 Å². The zero-order valence-corrected chi connectivity index (χ0v) is 13.4. The number of para-hydroxylation sites is 2. The molecule has 4 rings (SSSR count). The molecule has 2 aliphatic heterocycles. The van der Waals surface area contributed by atoms with Crippen molar-refractivity contribution in [2.45, 2.75) is 6.92 Å². The molecule has 124 valence electrons. The highest BCUT2D eigenvalue weighted by Gasteiger charge is 2.42. The molecule has 0 saturated heterocycles. The summed E-state index contributed by atoms with van der Waals surface area (Å²) in [5, 5.41) is 3.02. The van der Waals surface area contributed by atoms with Gasteiger partial charge in [0.2, 0.25) is 5.78 Å². The minimum absolute atomic E-state index is 0.152. The third-order valence-electron chi connectivity index (χ3n) is 4.19. The van der Waals surface area contributed by atoms with Gasteiger partial charge in [0.1, 0.15) is 5.70 Å². The molecule has 25 heavy (non-hydrogen) atoms. The van der Waals surface area contributed by atoms with Crippen molar-refractivity contribution >= 4 is 34.7 Å². The van der Waals surface area contributed by atoms with Gasteiger partial charge in [0.05, 0.1) is 17.9 Å². The SMILES string of the molecule is CCOC(=O)N1C(=O)/C(=C2\Nc3ccccc3C2=O)c2ccccc21. The molecule has 0 bridgehead atoms. The number of ether oxygens (including phenoxy) is 1. The Labute approximate surface area is 143 Å². The molecule has 0 unspecified atom stereocenters. The number of hydrogen-bond acceptors (Lipinski definition) is 5. The Kier molecular flexibility index (Phi) is 3.39. The molecule has 2 amide bonds. The molecule has 0 saturated carbocycles. The molecule has 2 aromatic rings. The molecule has 6 nitrogen and oxygen atoms in total. The Hall–Kier alpha value is -3.41. The predicted octanol–water partition coefficient (Wildman–Crippen LogP) is 3.21. The van der Waals surface area contributed by atoms with E-state index >= 15 is 0 Å². The summed E-state index contributed by atoms with van der Waals surface area (Å²) in [6, 6.07) is 13.9. The van der Waals surface area contributed by atoms with Gasteiger partial charge in [-0.15, -0.1) is 0 Å². The van der Waals surface area contributed by atoms with Crippen molar-refractivity contribution in [3.05, 3.63) is 65.4 Å². The van der Waals surface area contributed by atoms with Gasteiger partial charge in [-0.2, -0.15) is 0 Å². The van der Waals surface area contributed by atoms with E-state index in [4.69, 9.17) is 4.74 Å². The summed E-state index contributed by atoms with van der Waals surface area (Å²) >= 11 is 0. The van der Waals surface area contributed by atoms with Crippen LogP contribution in [-0.4, -0.2) is 24.4 Å². The van der Waals surface area contributed by atoms with Gasteiger partial charge in [0.25, 0.3) is 5.91 Å². The van der Waals surface area contributed by atoms with Crippen LogP contribution in [0.4, 0.5) is 16.2 Å². The summed E-state index contributed by atoms with van der Waals surface area (Å²) in [7, 11) is 0. The minimum atomic E-state index is -0.751. The average molecular weight is 334 g/mol. The largest absolute Gasteiger partial charge is 0.449 e. The zero-order valence-electron chi connectivity index (χ0n) is 13.4. The lowest BCUT2D eigenvalue weighted by molar-refractivity contribution is -0.112. The molecule has 0 radical (unpaired) electrons. The lowest BCUT2D eigenvalue weighted by Gasteiger charge is -2.14. The lowest BCUT2D eigenvalue weighted by Crippen LogP contribution is -2.34. The van der Waals surface area contributed by atoms with Crippen LogP contribution in [0.15, 0.2) is 54.2 Å². The van der Waals surface area contributed by atoms with Gasteiger partial charge in [-0.1, -0.05) is 30.3 Å². The Balaban J connectivity index is 1.88. The van der Waals surface area contributed by atoms with Crippen LogP contribution < -0.4 is 10.2 Å². The molecule has 0 aromatic heterocycles. The van der Waals surface area contributed by atoms with E-state index < -0.39 is 12.0 Å². The second-order valence-electron chi connectivity index (χ2n) is 5.61. The molecule has 0 aliphatic carbocycles. The van der Waals surface area contributed by atoms with Gasteiger partial charge in [0.15, 0.2) is 0 Å². The van der Waals surface area contributed by atoms with Crippen LogP contribution in [0.25, 0.3) is 5.57 Å². The van der Waals surface area contributed by atoms with Gasteiger partial charge >= 0.3 is 6.09 Å². The number of amides is 2. The number of carbonyl (C=O) groups is 3. The van der Waals surface area contributed by atoms with Crippen LogP contribution in [0.2, 0.25) is 0 Å². The molecular weight excluding hydrogens is 320 g/mol. The van der Waals surface area contributed by atoms with E-state index in [9.17, 15) is 14.4 Å². The third kappa shape index (κ3) is 2.15. The maximum Gasteiger partial charge on any atom is 0.421 e. The minimum Gasteiger partial charge on any atom is -0.449 e. The quantitative estimate of drug-likeness (QED) is 0.811. The van der Waals surface area contributed by atoms with Gasteiger partial charge < -0.3 is 10.1 Å². The highest BCUT2D eigenvalue weighted by atomic mass is 16.6. The van der Waals surface area contributed by atoms with Gasteiger partial charge in [-0.25, -0.2) is 9.69 Å². The van der Waals surface area contributed by atoms with E-state index in [1.54, 1.807) is 49.4 Å². The van der Waals surface area contributed by atoms with Crippen LogP contribution in [0, 0.1) is 0 Å². The average Bonchev–Trinajstić information content (AvgIpc) is 3.09. The molecular formula is C19H14N2O4. The fraction of sp³-hybridized carbons (Fsp3) is 0.105. The summed E-state index contributed by atoms with van der Waals surface area (Å²) in [4.78, 5) is 38.9. The van der Waals surface area contributed by atoms with Crippen molar-refractivity contribution < 1.29 is 19.1 Å². The smallest absolute Gasteiger partial charge is 0.421 e. The fourth-order valence-corrected chi connectivity index (χ4v) is 3.12. The highest BCUT2D eigenvalue weighted by Crippen LogP contribution is 2.41. The monoisotopic (exact) mass is 334 g/mol. The first-order chi connectivity index (χ1) is 12.1. The summed E-state index contributed by atoms with van der Waals surface area (Å²) in [5.41, 5.74) is 2.47. The maximum absolute atomic E-state index is 12.9. The Bertz CT molecular complexity index is 961. The number of Topliss-reactive ketones (excluding diaryl/α,β-unsaturated/α-hetero) is 1. The third-order valence-corrected chi connectivity index (χ3v) is 4.19. The molecule has 0 fully saturated rings. The van der Waals surface area contributed by atoms with E-state index in [1.165, 1.54) is 0 Å². The number of fused-ring (bicyclic) bond motifs is 2. The van der Waals surface area contributed by atoms with Gasteiger partial charge in [-0.3, -0.25) is 9.59 Å².